The Morgan fingerprint density at radius 3 is 2.63 bits per heavy atom. The Morgan fingerprint density at radius 2 is 1.88 bits per heavy atom. The first-order valence-corrected chi connectivity index (χ1v) is 13.8. The minimum atomic E-state index is -0.827. The lowest BCUT2D eigenvalue weighted by molar-refractivity contribution is -0.136. The van der Waals surface area contributed by atoms with Crippen molar-refractivity contribution in [3.8, 4) is 11.9 Å². The van der Waals surface area contributed by atoms with Crippen LogP contribution in [0.15, 0.2) is 47.4 Å². The summed E-state index contributed by atoms with van der Waals surface area (Å²) in [5.74, 6) is -0.149. The second-order valence-electron chi connectivity index (χ2n) is 10.00. The molecule has 0 saturated carbocycles. The number of pyridine rings is 1. The van der Waals surface area contributed by atoms with Crippen LogP contribution in [0.2, 0.25) is 0 Å². The van der Waals surface area contributed by atoms with Gasteiger partial charge in [-0.25, -0.2) is 9.78 Å². The third-order valence-corrected chi connectivity index (χ3v) is 6.48. The average molecular weight is 564 g/mol. The molecule has 0 aliphatic heterocycles. The smallest absolute Gasteiger partial charge is 0.328 e. The summed E-state index contributed by atoms with van der Waals surface area (Å²) in [5, 5.41) is 8.99. The molecule has 218 valence electrons. The third kappa shape index (κ3) is 8.52. The van der Waals surface area contributed by atoms with E-state index in [0.29, 0.717) is 30.3 Å². The number of carbonyl (C=O) groups is 1. The van der Waals surface area contributed by atoms with Crippen molar-refractivity contribution in [1.29, 1.82) is 0 Å². The molecule has 3 aromatic heterocycles. The van der Waals surface area contributed by atoms with E-state index in [4.69, 9.17) is 20.3 Å². The van der Waals surface area contributed by atoms with Crippen LogP contribution >= 0.6 is 0 Å². The molecule has 3 heterocycles. The van der Waals surface area contributed by atoms with E-state index in [1.807, 2.05) is 37.4 Å². The van der Waals surface area contributed by atoms with Gasteiger partial charge < -0.3 is 30.2 Å². The Labute approximate surface area is 238 Å². The minimum Gasteiger partial charge on any atom is -0.481 e. The molecule has 0 radical (unpaired) electrons. The Kier molecular flexibility index (Phi) is 10.3. The van der Waals surface area contributed by atoms with E-state index in [0.717, 1.165) is 55.5 Å². The van der Waals surface area contributed by atoms with Gasteiger partial charge in [0.2, 0.25) is 5.88 Å². The summed E-state index contributed by atoms with van der Waals surface area (Å²) in [6.07, 6.45) is 5.36. The van der Waals surface area contributed by atoms with Crippen molar-refractivity contribution in [3.63, 3.8) is 0 Å². The van der Waals surface area contributed by atoms with Crippen LogP contribution in [0.5, 0.6) is 11.9 Å². The van der Waals surface area contributed by atoms with Crippen LogP contribution in [-0.4, -0.2) is 67.3 Å². The van der Waals surface area contributed by atoms with Crippen LogP contribution in [0.4, 0.5) is 5.82 Å². The van der Waals surface area contributed by atoms with Gasteiger partial charge in [-0.15, -0.1) is 0 Å². The van der Waals surface area contributed by atoms with Gasteiger partial charge in [0, 0.05) is 18.8 Å². The van der Waals surface area contributed by atoms with E-state index in [2.05, 4.69) is 31.8 Å². The van der Waals surface area contributed by atoms with Crippen molar-refractivity contribution >= 4 is 23.0 Å². The second kappa shape index (κ2) is 14.3. The zero-order chi connectivity index (χ0) is 29.2. The molecule has 1 aromatic carbocycles. The molecule has 0 amide bonds. The van der Waals surface area contributed by atoms with Crippen molar-refractivity contribution in [2.45, 2.75) is 52.1 Å². The number of H-pyrrole nitrogens is 1. The number of nitrogen functional groups attached to an aromatic ring is 1. The topological polar surface area (TPSA) is 161 Å². The van der Waals surface area contributed by atoms with E-state index in [9.17, 15) is 9.59 Å². The van der Waals surface area contributed by atoms with E-state index in [1.165, 1.54) is 4.57 Å². The van der Waals surface area contributed by atoms with E-state index >= 15 is 0 Å². The molecule has 0 unspecified atom stereocenters. The number of carboxylic acids is 1. The number of aromatic amines is 1. The van der Waals surface area contributed by atoms with E-state index < -0.39 is 5.97 Å². The maximum absolute atomic E-state index is 12.6. The fourth-order valence-electron chi connectivity index (χ4n) is 4.39. The highest BCUT2D eigenvalue weighted by Crippen LogP contribution is 2.19. The highest BCUT2D eigenvalue weighted by Gasteiger charge is 2.15. The van der Waals surface area contributed by atoms with Gasteiger partial charge in [-0.05, 0) is 49.5 Å². The lowest BCUT2D eigenvalue weighted by Crippen LogP contribution is -2.19. The van der Waals surface area contributed by atoms with E-state index in [-0.39, 0.29) is 30.5 Å². The first kappa shape index (κ1) is 29.5. The zero-order valence-electron chi connectivity index (χ0n) is 23.5. The molecule has 0 spiro atoms. The summed E-state index contributed by atoms with van der Waals surface area (Å²) in [6.45, 7) is 4.96. The molecule has 4 aromatic rings. The number of ether oxygens (including phenoxy) is 2. The largest absolute Gasteiger partial charge is 0.481 e. The van der Waals surface area contributed by atoms with E-state index in [1.54, 1.807) is 12.3 Å². The number of imidazole rings is 1. The van der Waals surface area contributed by atoms with Gasteiger partial charge in [0.15, 0.2) is 11.5 Å². The fraction of sp³-hybridized carbons (Fsp3) is 0.414. The van der Waals surface area contributed by atoms with Gasteiger partial charge in [-0.3, -0.25) is 9.36 Å². The molecule has 12 heteroatoms. The van der Waals surface area contributed by atoms with Crippen LogP contribution in [0, 0.1) is 0 Å². The Bertz CT molecular complexity index is 1500. The predicted octanol–water partition coefficient (Wildman–Crippen LogP) is 3.24. The van der Waals surface area contributed by atoms with Crippen molar-refractivity contribution in [3.05, 3.63) is 69.8 Å². The Hall–Kier alpha value is -4.45. The normalized spacial score (nSPS) is 11.3. The van der Waals surface area contributed by atoms with Crippen LogP contribution in [0.1, 0.15) is 49.3 Å². The molecule has 41 heavy (non-hydrogen) atoms. The maximum atomic E-state index is 12.6. The third-order valence-electron chi connectivity index (χ3n) is 6.48. The summed E-state index contributed by atoms with van der Waals surface area (Å²) in [4.78, 5) is 41.4. The van der Waals surface area contributed by atoms with Gasteiger partial charge in [0.25, 0.3) is 0 Å². The number of fused-ring (bicyclic) bond motifs is 1. The number of nitrogens with one attached hydrogen (secondary N) is 1. The van der Waals surface area contributed by atoms with Crippen molar-refractivity contribution in [1.82, 2.24) is 29.4 Å². The number of unbranched alkanes of at least 4 members (excludes halogenated alkanes) is 2. The van der Waals surface area contributed by atoms with Crippen LogP contribution in [-0.2, 0) is 24.3 Å². The predicted molar refractivity (Wildman–Crippen MR) is 155 cm³/mol. The number of rotatable bonds is 16. The number of benzene rings is 1. The number of anilines is 1. The highest BCUT2D eigenvalue weighted by molar-refractivity contribution is 5.81. The summed E-state index contributed by atoms with van der Waals surface area (Å²) in [6, 6.07) is 11.5. The van der Waals surface area contributed by atoms with Gasteiger partial charge in [0.05, 0.1) is 26.2 Å². The summed E-state index contributed by atoms with van der Waals surface area (Å²) in [7, 11) is 2.05. The summed E-state index contributed by atoms with van der Waals surface area (Å²) < 4.78 is 12.9. The lowest BCUT2D eigenvalue weighted by Gasteiger charge is -2.17. The number of hydrogen-bond donors (Lipinski definition) is 3. The van der Waals surface area contributed by atoms with Gasteiger partial charge in [-0.1, -0.05) is 43.7 Å². The molecule has 4 rings (SSSR count). The van der Waals surface area contributed by atoms with Gasteiger partial charge >= 0.3 is 17.7 Å². The standard InChI is InChI=1S/C29H37N7O5/c1-3-4-13-41-28-33-26(30)25-27(34-28)36(29(39)32-25)19-22-10-11-23(31-17-22)40-14-6-5-12-35(2)18-21-9-7-8-20(15-21)16-24(37)38/h7-11,15,17H,3-6,12-14,16,18-19H2,1-2H3,(H,32,39)(H,37,38)(H2,30,33,34). The number of aliphatic carboxylic acids is 1. The summed E-state index contributed by atoms with van der Waals surface area (Å²) in [5.41, 5.74) is 9.16. The molecular weight excluding hydrogens is 526 g/mol. The SMILES string of the molecule is CCCCOc1nc(N)c2[nH]c(=O)n(Cc3ccc(OCCCCN(C)Cc4cccc(CC(=O)O)c4)nc3)c2n1. The average Bonchev–Trinajstić information content (AvgIpc) is 3.24. The first-order chi connectivity index (χ1) is 19.8. The van der Waals surface area contributed by atoms with Crippen molar-refractivity contribution in [2.75, 3.05) is 32.5 Å². The molecule has 0 fully saturated rings. The Balaban J connectivity index is 1.24. The number of aromatic nitrogens is 5. The fourth-order valence-corrected chi connectivity index (χ4v) is 4.39. The lowest BCUT2D eigenvalue weighted by atomic mass is 10.1. The molecule has 0 bridgehead atoms. The first-order valence-electron chi connectivity index (χ1n) is 13.8. The molecule has 0 saturated heterocycles. The van der Waals surface area contributed by atoms with Crippen LogP contribution < -0.4 is 20.9 Å². The number of nitrogens with two attached hydrogens (primary N) is 1. The van der Waals surface area contributed by atoms with Crippen molar-refractivity contribution < 1.29 is 19.4 Å². The van der Waals surface area contributed by atoms with Crippen LogP contribution in [0.3, 0.4) is 0 Å². The van der Waals surface area contributed by atoms with Gasteiger partial charge in [-0.2, -0.15) is 9.97 Å². The minimum absolute atomic E-state index is 0.0327. The quantitative estimate of drug-likeness (QED) is 0.173. The number of hydrogen-bond acceptors (Lipinski definition) is 9. The molecular formula is C29H37N7O5. The second-order valence-corrected chi connectivity index (χ2v) is 10.00. The molecule has 0 aliphatic rings. The molecule has 0 aliphatic carbocycles. The molecule has 0 atom stereocenters. The Morgan fingerprint density at radius 1 is 1.07 bits per heavy atom. The number of nitrogens with zero attached hydrogens (tertiary/aromatic N) is 5. The number of carboxylic acid groups (broad SMARTS) is 1. The summed E-state index contributed by atoms with van der Waals surface area (Å²) >= 11 is 0. The monoisotopic (exact) mass is 563 g/mol. The molecule has 12 nitrogen and oxygen atoms in total. The van der Waals surface area contributed by atoms with Crippen LogP contribution in [0.25, 0.3) is 11.2 Å². The zero-order valence-corrected chi connectivity index (χ0v) is 23.5. The highest BCUT2D eigenvalue weighted by atomic mass is 16.5. The van der Waals surface area contributed by atoms with Crippen molar-refractivity contribution in [2.24, 2.45) is 0 Å². The molecule has 4 N–H and O–H groups in total. The van der Waals surface area contributed by atoms with Gasteiger partial charge in [0.1, 0.15) is 5.52 Å². The maximum Gasteiger partial charge on any atom is 0.328 e.